The first-order valence-electron chi connectivity index (χ1n) is 9.31. The molecule has 2 aromatic rings. The number of hydrogen-bond acceptors (Lipinski definition) is 2. The Morgan fingerprint density at radius 2 is 1.96 bits per heavy atom. The van der Waals surface area contributed by atoms with Crippen molar-refractivity contribution in [2.75, 3.05) is 0 Å². The molecule has 1 saturated carbocycles. The van der Waals surface area contributed by atoms with E-state index in [1.165, 1.54) is 25.7 Å². The monoisotopic (exact) mass is 348 g/mol. The molecule has 132 valence electrons. The van der Waals surface area contributed by atoms with Crippen LogP contribution >= 0.6 is 11.6 Å². The number of hydrogen-bond donors (Lipinski definition) is 2. The fourth-order valence-corrected chi connectivity index (χ4v) is 4.72. The van der Waals surface area contributed by atoms with E-state index in [9.17, 15) is 5.11 Å². The zero-order chi connectivity index (χ0) is 17.3. The van der Waals surface area contributed by atoms with Crippen molar-refractivity contribution in [2.45, 2.75) is 64.9 Å². The maximum atomic E-state index is 11.5. The number of halogens is 1. The van der Waals surface area contributed by atoms with Crippen molar-refractivity contribution in [1.82, 2.24) is 10.2 Å². The van der Waals surface area contributed by atoms with Gasteiger partial charge in [-0.15, -0.1) is 0 Å². The molecule has 0 amide bonds. The van der Waals surface area contributed by atoms with Crippen LogP contribution in [0.5, 0.6) is 0 Å². The molecule has 24 heavy (non-hydrogen) atoms. The number of H-pyrrole nitrogens is 1. The molecule has 1 aliphatic carbocycles. The quantitative estimate of drug-likeness (QED) is 0.699. The Morgan fingerprint density at radius 3 is 2.67 bits per heavy atom. The van der Waals surface area contributed by atoms with E-state index in [2.05, 4.69) is 24.0 Å². The number of aromatic nitrogens is 2. The lowest BCUT2D eigenvalue weighted by molar-refractivity contribution is -0.0167. The van der Waals surface area contributed by atoms with Crippen molar-refractivity contribution in [3.05, 3.63) is 28.9 Å². The third kappa shape index (κ3) is 3.34. The number of rotatable bonds is 4. The van der Waals surface area contributed by atoms with Crippen molar-refractivity contribution >= 4 is 22.5 Å². The topological polar surface area (TPSA) is 48.9 Å². The summed E-state index contributed by atoms with van der Waals surface area (Å²) in [5.74, 6) is 1.75. The van der Waals surface area contributed by atoms with Crippen molar-refractivity contribution in [2.24, 2.45) is 17.8 Å². The zero-order valence-corrected chi connectivity index (χ0v) is 15.7. The second-order valence-corrected chi connectivity index (χ2v) is 8.17. The van der Waals surface area contributed by atoms with Gasteiger partial charge in [0, 0.05) is 16.0 Å². The highest BCUT2D eigenvalue weighted by Gasteiger charge is 2.38. The fraction of sp³-hybridized carbons (Fsp3) is 0.650. The van der Waals surface area contributed by atoms with Crippen LogP contribution in [-0.4, -0.2) is 15.3 Å². The van der Waals surface area contributed by atoms with Crippen LogP contribution < -0.4 is 0 Å². The number of aliphatic hydroxyl groups is 1. The minimum Gasteiger partial charge on any atom is -0.385 e. The number of fused-ring (bicyclic) bond motifs is 1. The highest BCUT2D eigenvalue weighted by atomic mass is 35.5. The Kier molecular flexibility index (Phi) is 5.22. The fourth-order valence-electron chi connectivity index (χ4n) is 4.50. The summed E-state index contributed by atoms with van der Waals surface area (Å²) in [6, 6.07) is 3.81. The van der Waals surface area contributed by atoms with Gasteiger partial charge in [-0.25, -0.2) is 0 Å². The standard InChI is InChI=1S/C20H29ClN2O/c1-4-13-6-7-16(9-14(5-2)8-13)20(3,24)18-11-17(21)10-15-12-22-23-19(15)18/h10-14,16,24H,4-9H2,1-3H3,(H,22,23). The number of aromatic amines is 1. The maximum absolute atomic E-state index is 11.5. The van der Waals surface area contributed by atoms with Gasteiger partial charge in [-0.1, -0.05) is 44.7 Å². The second kappa shape index (κ2) is 7.05. The molecule has 1 aromatic heterocycles. The molecule has 0 radical (unpaired) electrons. The van der Waals surface area contributed by atoms with Gasteiger partial charge in [-0.3, -0.25) is 5.10 Å². The smallest absolute Gasteiger partial charge is 0.0917 e. The van der Waals surface area contributed by atoms with Gasteiger partial charge < -0.3 is 5.11 Å². The average Bonchev–Trinajstić information content (AvgIpc) is 2.91. The summed E-state index contributed by atoms with van der Waals surface area (Å²) < 4.78 is 0. The van der Waals surface area contributed by atoms with Crippen molar-refractivity contribution < 1.29 is 5.11 Å². The molecule has 1 aromatic carbocycles. The first-order valence-corrected chi connectivity index (χ1v) is 9.68. The second-order valence-electron chi connectivity index (χ2n) is 7.73. The predicted molar refractivity (Wildman–Crippen MR) is 100 cm³/mol. The van der Waals surface area contributed by atoms with Crippen molar-refractivity contribution in [3.63, 3.8) is 0 Å². The van der Waals surface area contributed by atoms with E-state index >= 15 is 0 Å². The normalized spacial score (nSPS) is 27.8. The predicted octanol–water partition coefficient (Wildman–Crippen LogP) is 5.67. The summed E-state index contributed by atoms with van der Waals surface area (Å²) in [6.45, 7) is 6.53. The molecule has 1 fully saturated rings. The summed E-state index contributed by atoms with van der Waals surface area (Å²) >= 11 is 6.31. The third-order valence-corrected chi connectivity index (χ3v) is 6.43. The molecule has 2 N–H and O–H groups in total. The first-order chi connectivity index (χ1) is 11.5. The Hall–Kier alpha value is -1.06. The molecule has 3 nitrogen and oxygen atoms in total. The SMILES string of the molecule is CCC1CCC(C(C)(O)c2cc(Cl)cc3cn[nH]c23)CC(CC)C1. The summed E-state index contributed by atoms with van der Waals surface area (Å²) in [7, 11) is 0. The Balaban J connectivity index is 1.97. The molecule has 4 unspecified atom stereocenters. The van der Waals surface area contributed by atoms with E-state index in [-0.39, 0.29) is 5.92 Å². The molecule has 0 aliphatic heterocycles. The molecule has 1 heterocycles. The van der Waals surface area contributed by atoms with Crippen LogP contribution in [0.15, 0.2) is 18.3 Å². The van der Waals surface area contributed by atoms with Gasteiger partial charge in [0.15, 0.2) is 0 Å². The maximum Gasteiger partial charge on any atom is 0.0917 e. The molecule has 1 aliphatic rings. The van der Waals surface area contributed by atoms with Crippen LogP contribution in [0.2, 0.25) is 5.02 Å². The van der Waals surface area contributed by atoms with E-state index in [0.717, 1.165) is 35.2 Å². The molecule has 0 spiro atoms. The van der Waals surface area contributed by atoms with Crippen LogP contribution in [0.3, 0.4) is 0 Å². The van der Waals surface area contributed by atoms with Gasteiger partial charge in [0.2, 0.25) is 0 Å². The van der Waals surface area contributed by atoms with Crippen LogP contribution in [0.25, 0.3) is 10.9 Å². The van der Waals surface area contributed by atoms with Gasteiger partial charge in [-0.2, -0.15) is 5.10 Å². The summed E-state index contributed by atoms with van der Waals surface area (Å²) in [6.07, 6.45) is 8.88. The van der Waals surface area contributed by atoms with E-state index in [4.69, 9.17) is 11.6 Å². The molecule has 0 bridgehead atoms. The van der Waals surface area contributed by atoms with Gasteiger partial charge in [0.1, 0.15) is 0 Å². The van der Waals surface area contributed by atoms with E-state index in [1.807, 2.05) is 19.1 Å². The van der Waals surface area contributed by atoms with Crippen LogP contribution in [0, 0.1) is 17.8 Å². The molecule has 4 atom stereocenters. The zero-order valence-electron chi connectivity index (χ0n) is 15.0. The first kappa shape index (κ1) is 17.8. The molecular weight excluding hydrogens is 320 g/mol. The minimum absolute atomic E-state index is 0.254. The van der Waals surface area contributed by atoms with Crippen LogP contribution in [0.4, 0.5) is 0 Å². The Morgan fingerprint density at radius 1 is 1.21 bits per heavy atom. The van der Waals surface area contributed by atoms with Crippen molar-refractivity contribution in [1.29, 1.82) is 0 Å². The largest absolute Gasteiger partial charge is 0.385 e. The summed E-state index contributed by atoms with van der Waals surface area (Å²) in [5, 5.41) is 20.4. The number of benzene rings is 1. The van der Waals surface area contributed by atoms with E-state index in [1.54, 1.807) is 6.20 Å². The molecule has 4 heteroatoms. The molecular formula is C20H29ClN2O. The van der Waals surface area contributed by atoms with Gasteiger partial charge in [-0.05, 0) is 56.1 Å². The Labute approximate surface area is 149 Å². The highest BCUT2D eigenvalue weighted by Crippen LogP contribution is 2.44. The van der Waals surface area contributed by atoms with Crippen LogP contribution in [0.1, 0.15) is 64.9 Å². The molecule has 3 rings (SSSR count). The van der Waals surface area contributed by atoms with E-state index in [0.29, 0.717) is 10.9 Å². The minimum atomic E-state index is -0.897. The molecule has 0 saturated heterocycles. The van der Waals surface area contributed by atoms with Gasteiger partial charge in [0.25, 0.3) is 0 Å². The lowest BCUT2D eigenvalue weighted by Gasteiger charge is -2.34. The lowest BCUT2D eigenvalue weighted by atomic mass is 9.76. The lowest BCUT2D eigenvalue weighted by Crippen LogP contribution is -2.33. The van der Waals surface area contributed by atoms with E-state index < -0.39 is 5.60 Å². The summed E-state index contributed by atoms with van der Waals surface area (Å²) in [4.78, 5) is 0. The van der Waals surface area contributed by atoms with Crippen LogP contribution in [-0.2, 0) is 5.60 Å². The average molecular weight is 349 g/mol. The third-order valence-electron chi connectivity index (χ3n) is 6.22. The van der Waals surface area contributed by atoms with Crippen molar-refractivity contribution in [3.8, 4) is 0 Å². The number of nitrogens with zero attached hydrogens (tertiary/aromatic N) is 1. The highest BCUT2D eigenvalue weighted by molar-refractivity contribution is 6.31. The van der Waals surface area contributed by atoms with Gasteiger partial charge >= 0.3 is 0 Å². The van der Waals surface area contributed by atoms with Gasteiger partial charge in [0.05, 0.1) is 17.3 Å². The Bertz CT molecular complexity index is 694. The number of nitrogens with one attached hydrogen (secondary N) is 1. The summed E-state index contributed by atoms with van der Waals surface area (Å²) in [5.41, 5.74) is 0.900.